The molecule has 2 heterocycles. The number of thioether (sulfide) groups is 1. The normalized spacial score (nSPS) is 10.7. The number of nitrogens with zero attached hydrogens (tertiary/aromatic N) is 2. The van der Waals surface area contributed by atoms with Crippen LogP contribution in [-0.4, -0.2) is 28.4 Å². The number of hydrogen-bond acceptors (Lipinski definition) is 7. The SMILES string of the molecule is O=C(NCc1nc(-c2cccs2)no1)c1ccc(OCCSc2ccccc2)cc1. The zero-order valence-corrected chi connectivity index (χ0v) is 17.6. The third-order valence-electron chi connectivity index (χ3n) is 4.09. The number of thiophene rings is 1. The molecule has 4 aromatic rings. The van der Waals surface area contributed by atoms with Crippen LogP contribution < -0.4 is 10.1 Å². The van der Waals surface area contributed by atoms with E-state index in [9.17, 15) is 4.79 Å². The summed E-state index contributed by atoms with van der Waals surface area (Å²) in [6.45, 7) is 0.765. The van der Waals surface area contributed by atoms with Gasteiger partial charge in [0.1, 0.15) is 5.75 Å². The lowest BCUT2D eigenvalue weighted by atomic mass is 10.2. The Bertz CT molecular complexity index is 1060. The van der Waals surface area contributed by atoms with Gasteiger partial charge in [-0.15, -0.1) is 23.1 Å². The molecule has 0 aliphatic carbocycles. The van der Waals surface area contributed by atoms with Gasteiger partial charge in [0.05, 0.1) is 18.0 Å². The first-order valence-electron chi connectivity index (χ1n) is 9.33. The summed E-state index contributed by atoms with van der Waals surface area (Å²) in [6, 6.07) is 21.1. The van der Waals surface area contributed by atoms with E-state index in [0.717, 1.165) is 16.4 Å². The Morgan fingerprint density at radius 3 is 2.67 bits per heavy atom. The minimum absolute atomic E-state index is 0.173. The quantitative estimate of drug-likeness (QED) is 0.296. The van der Waals surface area contributed by atoms with E-state index in [1.165, 1.54) is 16.2 Å². The number of hydrogen-bond donors (Lipinski definition) is 1. The summed E-state index contributed by atoms with van der Waals surface area (Å²) in [5, 5.41) is 8.67. The van der Waals surface area contributed by atoms with Gasteiger partial charge in [-0.05, 0) is 47.8 Å². The summed E-state index contributed by atoms with van der Waals surface area (Å²) >= 11 is 3.28. The molecule has 4 rings (SSSR count). The lowest BCUT2D eigenvalue weighted by molar-refractivity contribution is 0.0946. The lowest BCUT2D eigenvalue weighted by Crippen LogP contribution is -2.22. The Hall–Kier alpha value is -3.10. The molecule has 0 aliphatic rings. The molecule has 0 radical (unpaired) electrons. The highest BCUT2D eigenvalue weighted by Crippen LogP contribution is 2.21. The molecule has 2 aromatic carbocycles. The predicted octanol–water partition coefficient (Wildman–Crippen LogP) is 4.90. The molecule has 0 saturated carbocycles. The minimum Gasteiger partial charge on any atom is -0.493 e. The number of nitrogens with one attached hydrogen (secondary N) is 1. The van der Waals surface area contributed by atoms with Crippen molar-refractivity contribution in [3.8, 4) is 16.5 Å². The molecule has 2 aromatic heterocycles. The zero-order chi connectivity index (χ0) is 20.6. The van der Waals surface area contributed by atoms with Gasteiger partial charge < -0.3 is 14.6 Å². The Morgan fingerprint density at radius 1 is 1.07 bits per heavy atom. The van der Waals surface area contributed by atoms with E-state index in [-0.39, 0.29) is 12.5 Å². The van der Waals surface area contributed by atoms with Crippen LogP contribution in [0.4, 0.5) is 0 Å². The lowest BCUT2D eigenvalue weighted by Gasteiger charge is -2.07. The summed E-state index contributed by atoms with van der Waals surface area (Å²) in [7, 11) is 0. The molecule has 152 valence electrons. The van der Waals surface area contributed by atoms with Crippen molar-refractivity contribution in [3.05, 3.63) is 83.6 Å². The monoisotopic (exact) mass is 437 g/mol. The Balaban J connectivity index is 1.22. The zero-order valence-electron chi connectivity index (χ0n) is 16.0. The van der Waals surface area contributed by atoms with Gasteiger partial charge >= 0.3 is 0 Å². The van der Waals surface area contributed by atoms with E-state index in [2.05, 4.69) is 27.6 Å². The molecule has 0 atom stereocenters. The smallest absolute Gasteiger partial charge is 0.251 e. The highest BCUT2D eigenvalue weighted by molar-refractivity contribution is 7.99. The molecule has 0 unspecified atom stereocenters. The molecule has 30 heavy (non-hydrogen) atoms. The fraction of sp³-hybridized carbons (Fsp3) is 0.136. The van der Waals surface area contributed by atoms with Gasteiger partial charge in [0.25, 0.3) is 5.91 Å². The molecular weight excluding hydrogens is 418 g/mol. The van der Waals surface area contributed by atoms with Gasteiger partial charge in [0.15, 0.2) is 0 Å². The first kappa shape index (κ1) is 20.2. The van der Waals surface area contributed by atoms with Crippen molar-refractivity contribution in [2.24, 2.45) is 0 Å². The third-order valence-corrected chi connectivity index (χ3v) is 5.93. The number of carbonyl (C=O) groups is 1. The molecule has 0 aliphatic heterocycles. The van der Waals surface area contributed by atoms with Crippen molar-refractivity contribution in [2.45, 2.75) is 11.4 Å². The van der Waals surface area contributed by atoms with E-state index < -0.39 is 0 Å². The molecule has 1 amide bonds. The van der Waals surface area contributed by atoms with Gasteiger partial charge in [-0.2, -0.15) is 4.98 Å². The number of carbonyl (C=O) groups excluding carboxylic acids is 1. The summed E-state index contributed by atoms with van der Waals surface area (Å²) in [5.74, 6) is 2.27. The van der Waals surface area contributed by atoms with E-state index in [1.807, 2.05) is 35.7 Å². The van der Waals surface area contributed by atoms with Crippen LogP contribution in [-0.2, 0) is 6.54 Å². The van der Waals surface area contributed by atoms with Gasteiger partial charge in [0.2, 0.25) is 11.7 Å². The number of ether oxygens (including phenoxy) is 1. The second-order valence-corrected chi connectivity index (χ2v) is 8.32. The fourth-order valence-electron chi connectivity index (χ4n) is 2.63. The number of rotatable bonds is 9. The molecule has 6 nitrogen and oxygen atoms in total. The molecule has 8 heteroatoms. The Kier molecular flexibility index (Phi) is 6.79. The predicted molar refractivity (Wildman–Crippen MR) is 118 cm³/mol. The molecule has 0 saturated heterocycles. The highest BCUT2D eigenvalue weighted by atomic mass is 32.2. The number of benzene rings is 2. The fourth-order valence-corrected chi connectivity index (χ4v) is 4.03. The maximum Gasteiger partial charge on any atom is 0.251 e. The summed E-state index contributed by atoms with van der Waals surface area (Å²) in [6.07, 6.45) is 0. The number of aromatic nitrogens is 2. The minimum atomic E-state index is -0.211. The van der Waals surface area contributed by atoms with E-state index in [0.29, 0.717) is 23.9 Å². The van der Waals surface area contributed by atoms with Gasteiger partial charge in [-0.1, -0.05) is 29.4 Å². The second kappa shape index (κ2) is 10.1. The van der Waals surface area contributed by atoms with E-state index in [1.54, 1.807) is 36.0 Å². The third kappa shape index (κ3) is 5.49. The highest BCUT2D eigenvalue weighted by Gasteiger charge is 2.11. The topological polar surface area (TPSA) is 77.3 Å². The summed E-state index contributed by atoms with van der Waals surface area (Å²) in [4.78, 5) is 18.8. The van der Waals surface area contributed by atoms with E-state index >= 15 is 0 Å². The van der Waals surface area contributed by atoms with Gasteiger partial charge in [0, 0.05) is 16.2 Å². The Morgan fingerprint density at radius 2 is 1.90 bits per heavy atom. The van der Waals surface area contributed by atoms with Gasteiger partial charge in [-0.3, -0.25) is 4.79 Å². The van der Waals surface area contributed by atoms with Crippen LogP contribution in [0.15, 0.2) is 81.5 Å². The van der Waals surface area contributed by atoms with Crippen molar-refractivity contribution in [2.75, 3.05) is 12.4 Å². The maximum atomic E-state index is 12.3. The molecular formula is C22H19N3O3S2. The second-order valence-electron chi connectivity index (χ2n) is 6.21. The average molecular weight is 438 g/mol. The van der Waals surface area contributed by atoms with Gasteiger partial charge in [-0.25, -0.2) is 0 Å². The van der Waals surface area contributed by atoms with Crippen LogP contribution in [0, 0.1) is 0 Å². The molecule has 0 spiro atoms. The van der Waals surface area contributed by atoms with E-state index in [4.69, 9.17) is 9.26 Å². The first-order chi connectivity index (χ1) is 14.8. The van der Waals surface area contributed by atoms with Crippen LogP contribution in [0.3, 0.4) is 0 Å². The van der Waals surface area contributed by atoms with Crippen molar-refractivity contribution >= 4 is 29.0 Å². The van der Waals surface area contributed by atoms with Crippen LogP contribution in [0.2, 0.25) is 0 Å². The molecule has 1 N–H and O–H groups in total. The van der Waals surface area contributed by atoms with Crippen LogP contribution in [0.1, 0.15) is 16.2 Å². The van der Waals surface area contributed by atoms with Crippen LogP contribution in [0.5, 0.6) is 5.75 Å². The van der Waals surface area contributed by atoms with Crippen LogP contribution in [0.25, 0.3) is 10.7 Å². The standard InChI is InChI=1S/C22H19N3O3S2/c26-22(23-15-20-24-21(25-28-20)19-7-4-13-30-19)16-8-10-17(11-9-16)27-12-14-29-18-5-2-1-3-6-18/h1-11,13H,12,14-15H2,(H,23,26). The average Bonchev–Trinajstić information content (AvgIpc) is 3.48. The van der Waals surface area contributed by atoms with Crippen molar-refractivity contribution in [1.29, 1.82) is 0 Å². The van der Waals surface area contributed by atoms with Crippen LogP contribution >= 0.6 is 23.1 Å². The maximum absolute atomic E-state index is 12.3. The van der Waals surface area contributed by atoms with Crippen molar-refractivity contribution < 1.29 is 14.1 Å². The molecule has 0 fully saturated rings. The summed E-state index contributed by atoms with van der Waals surface area (Å²) < 4.78 is 10.9. The number of amides is 1. The first-order valence-corrected chi connectivity index (χ1v) is 11.2. The Labute approximate surface area is 182 Å². The largest absolute Gasteiger partial charge is 0.493 e. The van der Waals surface area contributed by atoms with Crippen molar-refractivity contribution in [1.82, 2.24) is 15.5 Å². The summed E-state index contributed by atoms with van der Waals surface area (Å²) in [5.41, 5.74) is 0.541. The van der Waals surface area contributed by atoms with Crippen molar-refractivity contribution in [3.63, 3.8) is 0 Å². The molecule has 0 bridgehead atoms.